The molecule has 0 spiro atoms. The van der Waals surface area contributed by atoms with E-state index in [0.29, 0.717) is 6.42 Å². The van der Waals surface area contributed by atoms with Crippen molar-refractivity contribution >= 4 is 12.4 Å². The molecular formula is C20H29O. The van der Waals surface area contributed by atoms with Crippen LogP contribution in [0.25, 0.3) is 6.08 Å². The standard InChI is InChI=1S/C20H29O/c21-19-15-10-8-6-4-2-1-3-5-7-9-12-16-20-17-13-11-14-18-20/h11-14,16-18H,1-10,15H2. The number of allylic oxidation sites excluding steroid dienone is 1. The van der Waals surface area contributed by atoms with Gasteiger partial charge in [0.25, 0.3) is 0 Å². The van der Waals surface area contributed by atoms with Crippen LogP contribution in [0.4, 0.5) is 0 Å². The van der Waals surface area contributed by atoms with E-state index in [1.54, 1.807) is 0 Å². The summed E-state index contributed by atoms with van der Waals surface area (Å²) in [4.78, 5) is 10.0. The fourth-order valence-corrected chi connectivity index (χ4v) is 2.48. The van der Waals surface area contributed by atoms with Gasteiger partial charge in [0, 0.05) is 6.42 Å². The molecule has 0 bridgehead atoms. The van der Waals surface area contributed by atoms with E-state index in [4.69, 9.17) is 0 Å². The summed E-state index contributed by atoms with van der Waals surface area (Å²) in [6, 6.07) is 10.5. The molecule has 0 aliphatic heterocycles. The first kappa shape index (κ1) is 17.7. The van der Waals surface area contributed by atoms with Crippen molar-refractivity contribution in [1.29, 1.82) is 0 Å². The van der Waals surface area contributed by atoms with Crippen molar-refractivity contribution in [3.63, 3.8) is 0 Å². The van der Waals surface area contributed by atoms with Gasteiger partial charge in [-0.2, -0.15) is 0 Å². The second-order valence-corrected chi connectivity index (χ2v) is 5.68. The molecule has 0 heterocycles. The molecular weight excluding hydrogens is 256 g/mol. The average Bonchev–Trinajstić information content (AvgIpc) is 2.53. The fraction of sp³-hybridized carbons (Fsp3) is 0.550. The third-order valence-corrected chi connectivity index (χ3v) is 3.76. The quantitative estimate of drug-likeness (QED) is 0.400. The Labute approximate surface area is 130 Å². The van der Waals surface area contributed by atoms with E-state index >= 15 is 0 Å². The lowest BCUT2D eigenvalue weighted by Crippen LogP contribution is -1.82. The predicted molar refractivity (Wildman–Crippen MR) is 92.0 cm³/mol. The Hall–Kier alpha value is -1.37. The average molecular weight is 285 g/mol. The van der Waals surface area contributed by atoms with Crippen LogP contribution >= 0.6 is 0 Å². The third kappa shape index (κ3) is 11.0. The van der Waals surface area contributed by atoms with Crippen molar-refractivity contribution < 1.29 is 4.79 Å². The highest BCUT2D eigenvalue weighted by Crippen LogP contribution is 2.11. The van der Waals surface area contributed by atoms with Gasteiger partial charge < -0.3 is 0 Å². The number of unbranched alkanes of at least 4 members (excludes halogenated alkanes) is 10. The molecule has 0 fully saturated rings. The summed E-state index contributed by atoms with van der Waals surface area (Å²) in [6.45, 7) is 0. The van der Waals surface area contributed by atoms with Crippen molar-refractivity contribution in [1.82, 2.24) is 0 Å². The van der Waals surface area contributed by atoms with Gasteiger partial charge in [-0.05, 0) is 24.8 Å². The maximum Gasteiger partial charge on any atom is 0.198 e. The summed E-state index contributed by atoms with van der Waals surface area (Å²) in [6.07, 6.45) is 19.8. The Kier molecular flexibility index (Phi) is 11.5. The Morgan fingerprint density at radius 2 is 1.33 bits per heavy atom. The first-order valence-corrected chi connectivity index (χ1v) is 8.50. The molecule has 0 saturated heterocycles. The van der Waals surface area contributed by atoms with Crippen LogP contribution in [0, 0.1) is 0 Å². The molecule has 0 amide bonds. The minimum Gasteiger partial charge on any atom is -0.291 e. The highest BCUT2D eigenvalue weighted by atomic mass is 16.1. The monoisotopic (exact) mass is 285 g/mol. The Morgan fingerprint density at radius 3 is 1.95 bits per heavy atom. The van der Waals surface area contributed by atoms with Crippen molar-refractivity contribution in [2.24, 2.45) is 0 Å². The maximum atomic E-state index is 10.0. The fourth-order valence-electron chi connectivity index (χ4n) is 2.48. The van der Waals surface area contributed by atoms with Gasteiger partial charge in [-0.1, -0.05) is 87.4 Å². The molecule has 1 heteroatoms. The molecule has 0 saturated carbocycles. The van der Waals surface area contributed by atoms with E-state index in [-0.39, 0.29) is 0 Å². The van der Waals surface area contributed by atoms with E-state index in [0.717, 1.165) is 6.42 Å². The maximum absolute atomic E-state index is 10.0. The molecule has 0 N–H and O–H groups in total. The SMILES string of the molecule is O=[C]CCCCCCCCCCCC=Cc1ccccc1. The highest BCUT2D eigenvalue weighted by molar-refractivity contribution is 5.50. The van der Waals surface area contributed by atoms with Crippen LogP contribution in [-0.2, 0) is 4.79 Å². The number of hydrogen-bond acceptors (Lipinski definition) is 1. The number of benzene rings is 1. The molecule has 0 unspecified atom stereocenters. The Balaban J connectivity index is 1.82. The normalized spacial score (nSPS) is 11.0. The van der Waals surface area contributed by atoms with E-state index in [1.807, 2.05) is 6.29 Å². The van der Waals surface area contributed by atoms with Crippen LogP contribution in [0.1, 0.15) is 76.2 Å². The smallest absolute Gasteiger partial charge is 0.198 e. The second-order valence-electron chi connectivity index (χ2n) is 5.68. The van der Waals surface area contributed by atoms with Crippen LogP contribution in [0.3, 0.4) is 0 Å². The summed E-state index contributed by atoms with van der Waals surface area (Å²) < 4.78 is 0. The van der Waals surface area contributed by atoms with E-state index < -0.39 is 0 Å². The highest BCUT2D eigenvalue weighted by Gasteiger charge is 1.92. The molecule has 115 valence electrons. The van der Waals surface area contributed by atoms with Crippen molar-refractivity contribution in [3.8, 4) is 0 Å². The Bertz CT molecular complexity index is 367. The molecule has 0 aromatic heterocycles. The summed E-state index contributed by atoms with van der Waals surface area (Å²) in [7, 11) is 0. The first-order chi connectivity index (χ1) is 10.4. The van der Waals surface area contributed by atoms with Gasteiger partial charge in [-0.3, -0.25) is 4.79 Å². The molecule has 1 nitrogen and oxygen atoms in total. The lowest BCUT2D eigenvalue weighted by molar-refractivity contribution is 0.537. The molecule has 1 radical (unpaired) electrons. The zero-order valence-electron chi connectivity index (χ0n) is 13.2. The van der Waals surface area contributed by atoms with Gasteiger partial charge in [-0.15, -0.1) is 0 Å². The zero-order valence-corrected chi connectivity index (χ0v) is 13.2. The molecule has 1 rings (SSSR count). The molecule has 0 atom stereocenters. The van der Waals surface area contributed by atoms with Gasteiger partial charge in [0.15, 0.2) is 6.29 Å². The molecule has 1 aromatic carbocycles. The van der Waals surface area contributed by atoms with Crippen molar-refractivity contribution in [3.05, 3.63) is 42.0 Å². The summed E-state index contributed by atoms with van der Waals surface area (Å²) >= 11 is 0. The molecule has 0 aliphatic carbocycles. The summed E-state index contributed by atoms with van der Waals surface area (Å²) in [5.41, 5.74) is 1.30. The van der Waals surface area contributed by atoms with Gasteiger partial charge in [0.2, 0.25) is 0 Å². The number of carbonyl (C=O) groups excluding carboxylic acids is 1. The predicted octanol–water partition coefficient (Wildman–Crippen LogP) is 6.10. The first-order valence-electron chi connectivity index (χ1n) is 8.50. The van der Waals surface area contributed by atoms with Crippen LogP contribution in [0.2, 0.25) is 0 Å². The van der Waals surface area contributed by atoms with Crippen LogP contribution < -0.4 is 0 Å². The van der Waals surface area contributed by atoms with Crippen LogP contribution in [0.5, 0.6) is 0 Å². The number of rotatable bonds is 13. The molecule has 1 aromatic rings. The summed E-state index contributed by atoms with van der Waals surface area (Å²) in [5.74, 6) is 0. The van der Waals surface area contributed by atoms with E-state index in [9.17, 15) is 4.79 Å². The molecule has 0 aliphatic rings. The lowest BCUT2D eigenvalue weighted by atomic mass is 10.1. The zero-order chi connectivity index (χ0) is 15.0. The van der Waals surface area contributed by atoms with Crippen molar-refractivity contribution in [2.45, 2.75) is 70.6 Å². The minimum atomic E-state index is 0.622. The van der Waals surface area contributed by atoms with Crippen LogP contribution in [0.15, 0.2) is 36.4 Å². The third-order valence-electron chi connectivity index (χ3n) is 3.76. The largest absolute Gasteiger partial charge is 0.291 e. The second kappa shape index (κ2) is 13.6. The topological polar surface area (TPSA) is 17.1 Å². The lowest BCUT2D eigenvalue weighted by Gasteiger charge is -2.01. The van der Waals surface area contributed by atoms with Gasteiger partial charge in [0.1, 0.15) is 0 Å². The van der Waals surface area contributed by atoms with Crippen molar-refractivity contribution in [2.75, 3.05) is 0 Å². The number of hydrogen-bond donors (Lipinski definition) is 0. The van der Waals surface area contributed by atoms with Crippen LogP contribution in [-0.4, -0.2) is 6.29 Å². The summed E-state index contributed by atoms with van der Waals surface area (Å²) in [5, 5.41) is 0. The van der Waals surface area contributed by atoms with E-state index in [1.165, 1.54) is 63.4 Å². The van der Waals surface area contributed by atoms with Gasteiger partial charge in [0.05, 0.1) is 0 Å². The minimum absolute atomic E-state index is 0.622. The Morgan fingerprint density at radius 1 is 0.762 bits per heavy atom. The van der Waals surface area contributed by atoms with E-state index in [2.05, 4.69) is 42.5 Å². The molecule has 21 heavy (non-hydrogen) atoms. The van der Waals surface area contributed by atoms with Gasteiger partial charge in [-0.25, -0.2) is 0 Å². The van der Waals surface area contributed by atoms with Gasteiger partial charge >= 0.3 is 0 Å².